The van der Waals surface area contributed by atoms with Crippen molar-refractivity contribution in [1.82, 2.24) is 0 Å². The predicted molar refractivity (Wildman–Crippen MR) is 110 cm³/mol. The summed E-state index contributed by atoms with van der Waals surface area (Å²) in [5, 5.41) is 0. The fourth-order valence-corrected chi connectivity index (χ4v) is 3.10. The molecular weight excluding hydrogens is 350 g/mol. The van der Waals surface area contributed by atoms with Crippen LogP contribution in [-0.4, -0.2) is 0 Å². The Balaban J connectivity index is 1.84. The number of hydrogen-bond donors (Lipinski definition) is 0. The molecule has 2 heteroatoms. The lowest BCUT2D eigenvalue weighted by Gasteiger charge is -2.04. The smallest absolute Gasteiger partial charge is 0.142 e. The zero-order chi connectivity index (χ0) is 20.3. The lowest BCUT2D eigenvalue weighted by atomic mass is 10.00. The molecule has 0 spiro atoms. The maximum absolute atomic E-state index is 13.9. The molecule has 0 atom stereocenters. The van der Waals surface area contributed by atoms with E-state index < -0.39 is 11.6 Å². The SMILES string of the molecule is Cc1cc(C)c(C#Cc2ccc(C#Cc3c(F)cc(C)cc3F)cc2)c(C)c1. The van der Waals surface area contributed by atoms with Gasteiger partial charge in [-0.05, 0) is 80.8 Å². The van der Waals surface area contributed by atoms with Crippen LogP contribution >= 0.6 is 0 Å². The normalized spacial score (nSPS) is 9.93. The summed E-state index contributed by atoms with van der Waals surface area (Å²) in [5.74, 6) is 10.5. The summed E-state index contributed by atoms with van der Waals surface area (Å²) in [6, 6.07) is 14.1. The van der Waals surface area contributed by atoms with Crippen LogP contribution in [0.1, 0.15) is 44.5 Å². The summed E-state index contributed by atoms with van der Waals surface area (Å²) in [6.07, 6.45) is 0. The summed E-state index contributed by atoms with van der Waals surface area (Å²) >= 11 is 0. The Morgan fingerprint density at radius 1 is 0.536 bits per heavy atom. The molecular formula is C26H20F2. The van der Waals surface area contributed by atoms with Gasteiger partial charge in [-0.15, -0.1) is 0 Å². The van der Waals surface area contributed by atoms with Crippen molar-refractivity contribution < 1.29 is 8.78 Å². The van der Waals surface area contributed by atoms with Crippen LogP contribution in [0.3, 0.4) is 0 Å². The van der Waals surface area contributed by atoms with Gasteiger partial charge in [0.15, 0.2) is 0 Å². The van der Waals surface area contributed by atoms with Gasteiger partial charge in [-0.3, -0.25) is 0 Å². The minimum Gasteiger partial charge on any atom is -0.206 e. The molecule has 28 heavy (non-hydrogen) atoms. The summed E-state index contributed by atoms with van der Waals surface area (Å²) in [7, 11) is 0. The van der Waals surface area contributed by atoms with Crippen molar-refractivity contribution in [2.75, 3.05) is 0 Å². The topological polar surface area (TPSA) is 0 Å². The molecule has 3 rings (SSSR count). The molecule has 3 aromatic rings. The summed E-state index contributed by atoms with van der Waals surface area (Å²) < 4.78 is 27.7. The zero-order valence-electron chi connectivity index (χ0n) is 16.4. The second-order valence-electron chi connectivity index (χ2n) is 6.95. The molecule has 3 aromatic carbocycles. The monoisotopic (exact) mass is 370 g/mol. The predicted octanol–water partition coefficient (Wildman–Crippen LogP) is 6.00. The van der Waals surface area contributed by atoms with Gasteiger partial charge >= 0.3 is 0 Å². The third-order valence-corrected chi connectivity index (χ3v) is 4.41. The van der Waals surface area contributed by atoms with Crippen LogP contribution in [0.4, 0.5) is 8.78 Å². The average Bonchev–Trinajstić information content (AvgIpc) is 2.61. The zero-order valence-corrected chi connectivity index (χ0v) is 16.4. The average molecular weight is 370 g/mol. The van der Waals surface area contributed by atoms with Crippen LogP contribution in [0.25, 0.3) is 0 Å². The molecule has 0 N–H and O–H groups in total. The molecule has 0 aliphatic heterocycles. The number of hydrogen-bond acceptors (Lipinski definition) is 0. The van der Waals surface area contributed by atoms with E-state index >= 15 is 0 Å². The maximum Gasteiger partial charge on any atom is 0.142 e. The van der Waals surface area contributed by atoms with E-state index in [1.165, 1.54) is 17.7 Å². The van der Waals surface area contributed by atoms with E-state index in [1.54, 1.807) is 19.1 Å². The number of halogens is 2. The van der Waals surface area contributed by atoms with Crippen molar-refractivity contribution in [3.63, 3.8) is 0 Å². The van der Waals surface area contributed by atoms with Crippen LogP contribution in [0.15, 0.2) is 48.5 Å². The van der Waals surface area contributed by atoms with Crippen LogP contribution in [0.2, 0.25) is 0 Å². The van der Waals surface area contributed by atoms with Gasteiger partial charge in [0.1, 0.15) is 11.6 Å². The maximum atomic E-state index is 13.9. The molecule has 0 fully saturated rings. The first kappa shape index (κ1) is 19.4. The quantitative estimate of drug-likeness (QED) is 0.426. The molecule has 0 radical (unpaired) electrons. The van der Waals surface area contributed by atoms with E-state index in [1.807, 2.05) is 12.1 Å². The van der Waals surface area contributed by atoms with Crippen molar-refractivity contribution in [3.05, 3.63) is 105 Å². The van der Waals surface area contributed by atoms with Gasteiger partial charge in [0, 0.05) is 16.7 Å². The fraction of sp³-hybridized carbons (Fsp3) is 0.154. The Kier molecular flexibility index (Phi) is 5.62. The standard InChI is InChI=1S/C26H20F2/c1-17-13-19(3)23(20(4)14-17)11-9-21-5-7-22(8-6-21)10-12-24-25(27)15-18(2)16-26(24)28/h5-8,13-16H,1-4H3. The van der Waals surface area contributed by atoms with Gasteiger partial charge in [-0.1, -0.05) is 41.4 Å². The van der Waals surface area contributed by atoms with Crippen LogP contribution in [0, 0.1) is 63.0 Å². The number of benzene rings is 3. The molecule has 0 amide bonds. The second-order valence-corrected chi connectivity index (χ2v) is 6.95. The van der Waals surface area contributed by atoms with Gasteiger partial charge in [-0.2, -0.15) is 0 Å². The highest BCUT2D eigenvalue weighted by atomic mass is 19.1. The lowest BCUT2D eigenvalue weighted by Crippen LogP contribution is -1.91. The molecule has 0 saturated heterocycles. The number of rotatable bonds is 0. The highest BCUT2D eigenvalue weighted by Gasteiger charge is 2.07. The molecule has 0 unspecified atom stereocenters. The third kappa shape index (κ3) is 4.48. The Bertz CT molecular complexity index is 1020. The molecule has 0 aliphatic rings. The van der Waals surface area contributed by atoms with E-state index in [0.717, 1.165) is 22.3 Å². The molecule has 0 nitrogen and oxygen atoms in total. The van der Waals surface area contributed by atoms with Gasteiger partial charge in [-0.25, -0.2) is 8.78 Å². The summed E-state index contributed by atoms with van der Waals surface area (Å²) in [6.45, 7) is 7.84. The Hall–Kier alpha value is -3.36. The summed E-state index contributed by atoms with van der Waals surface area (Å²) in [4.78, 5) is 0. The van der Waals surface area contributed by atoms with E-state index in [9.17, 15) is 8.78 Å². The van der Waals surface area contributed by atoms with Crippen molar-refractivity contribution in [3.8, 4) is 23.7 Å². The summed E-state index contributed by atoms with van der Waals surface area (Å²) in [5.41, 5.74) is 6.45. The Morgan fingerprint density at radius 2 is 0.929 bits per heavy atom. The number of aryl methyl sites for hydroxylation is 4. The Morgan fingerprint density at radius 3 is 1.39 bits per heavy atom. The molecule has 0 heterocycles. The Labute approximate surface area is 165 Å². The van der Waals surface area contributed by atoms with Crippen molar-refractivity contribution in [2.45, 2.75) is 27.7 Å². The lowest BCUT2D eigenvalue weighted by molar-refractivity contribution is 0.575. The van der Waals surface area contributed by atoms with E-state index in [-0.39, 0.29) is 5.56 Å². The van der Waals surface area contributed by atoms with Gasteiger partial charge in [0.05, 0.1) is 5.56 Å². The largest absolute Gasteiger partial charge is 0.206 e. The minimum absolute atomic E-state index is 0.209. The van der Waals surface area contributed by atoms with Gasteiger partial charge in [0.25, 0.3) is 0 Å². The highest BCUT2D eigenvalue weighted by molar-refractivity contribution is 5.52. The first-order valence-corrected chi connectivity index (χ1v) is 9.01. The molecule has 0 aromatic heterocycles. The molecule has 0 saturated carbocycles. The fourth-order valence-electron chi connectivity index (χ4n) is 3.10. The van der Waals surface area contributed by atoms with Crippen molar-refractivity contribution in [1.29, 1.82) is 0 Å². The van der Waals surface area contributed by atoms with E-state index in [0.29, 0.717) is 11.1 Å². The first-order valence-electron chi connectivity index (χ1n) is 9.01. The van der Waals surface area contributed by atoms with Crippen LogP contribution in [-0.2, 0) is 0 Å². The molecule has 0 aliphatic carbocycles. The first-order chi connectivity index (χ1) is 13.3. The van der Waals surface area contributed by atoms with E-state index in [4.69, 9.17) is 0 Å². The molecule has 0 bridgehead atoms. The van der Waals surface area contributed by atoms with Crippen molar-refractivity contribution in [2.24, 2.45) is 0 Å². The van der Waals surface area contributed by atoms with Crippen LogP contribution < -0.4 is 0 Å². The minimum atomic E-state index is -0.642. The highest BCUT2D eigenvalue weighted by Crippen LogP contribution is 2.16. The van der Waals surface area contributed by atoms with Gasteiger partial charge in [0.2, 0.25) is 0 Å². The second kappa shape index (κ2) is 8.12. The van der Waals surface area contributed by atoms with Crippen LogP contribution in [0.5, 0.6) is 0 Å². The molecule has 138 valence electrons. The van der Waals surface area contributed by atoms with Crippen molar-refractivity contribution >= 4 is 0 Å². The third-order valence-electron chi connectivity index (χ3n) is 4.41. The van der Waals surface area contributed by atoms with Gasteiger partial charge < -0.3 is 0 Å². The van der Waals surface area contributed by atoms with E-state index in [2.05, 4.69) is 56.6 Å².